The zero-order chi connectivity index (χ0) is 21.0. The Hall–Kier alpha value is -3.01. The molecule has 0 radical (unpaired) electrons. The van der Waals surface area contributed by atoms with Crippen LogP contribution in [0, 0.1) is 0 Å². The average Bonchev–Trinajstić information content (AvgIpc) is 2.80. The number of aromatic nitrogens is 2. The molecule has 1 N–H and O–H groups in total. The lowest BCUT2D eigenvalue weighted by molar-refractivity contribution is 0.0730. The molecule has 0 unspecified atom stereocenters. The molecule has 30 heavy (non-hydrogen) atoms. The van der Waals surface area contributed by atoms with Crippen LogP contribution in [-0.4, -0.2) is 56.1 Å². The van der Waals surface area contributed by atoms with E-state index in [-0.39, 0.29) is 4.90 Å². The molecule has 9 heteroatoms. The lowest BCUT2D eigenvalue weighted by Gasteiger charge is -2.26. The van der Waals surface area contributed by atoms with E-state index in [2.05, 4.69) is 15.3 Å². The van der Waals surface area contributed by atoms with E-state index in [0.29, 0.717) is 49.3 Å². The standard InChI is InChI=1S/C21H22N4O4S/c1-28-20-8-3-2-7-18(20)19-14-21(23-15-22-19)24-16-5-4-6-17(13-16)30(26,27)25-9-11-29-12-10-25/h2-8,13-15H,9-12H2,1H3,(H,22,23,24). The second kappa shape index (κ2) is 8.78. The Morgan fingerprint density at radius 2 is 1.83 bits per heavy atom. The smallest absolute Gasteiger partial charge is 0.243 e. The molecule has 0 aliphatic carbocycles. The first kappa shape index (κ1) is 20.3. The molecule has 3 aromatic rings. The van der Waals surface area contributed by atoms with Crippen LogP contribution in [0.4, 0.5) is 11.5 Å². The predicted molar refractivity (Wildman–Crippen MR) is 113 cm³/mol. The maximum Gasteiger partial charge on any atom is 0.243 e. The van der Waals surface area contributed by atoms with Crippen molar-refractivity contribution in [3.8, 4) is 17.0 Å². The third kappa shape index (κ3) is 4.28. The molecule has 1 saturated heterocycles. The highest BCUT2D eigenvalue weighted by molar-refractivity contribution is 7.89. The van der Waals surface area contributed by atoms with E-state index in [4.69, 9.17) is 9.47 Å². The number of rotatable bonds is 6. The molecule has 0 atom stereocenters. The largest absolute Gasteiger partial charge is 0.496 e. The van der Waals surface area contributed by atoms with Crippen molar-refractivity contribution in [2.24, 2.45) is 0 Å². The van der Waals surface area contributed by atoms with Crippen LogP contribution in [0.5, 0.6) is 5.75 Å². The van der Waals surface area contributed by atoms with Gasteiger partial charge in [-0.25, -0.2) is 18.4 Å². The summed E-state index contributed by atoms with van der Waals surface area (Å²) in [6, 6.07) is 16.1. The number of hydrogen-bond donors (Lipinski definition) is 1. The number of methoxy groups -OCH3 is 1. The number of hydrogen-bond acceptors (Lipinski definition) is 7. The molecule has 0 spiro atoms. The van der Waals surface area contributed by atoms with Crippen molar-refractivity contribution in [3.05, 3.63) is 60.9 Å². The van der Waals surface area contributed by atoms with Crippen LogP contribution < -0.4 is 10.1 Å². The number of benzene rings is 2. The molecule has 2 aromatic carbocycles. The van der Waals surface area contributed by atoms with Crippen LogP contribution in [0.1, 0.15) is 0 Å². The molecule has 156 valence electrons. The van der Waals surface area contributed by atoms with Crippen LogP contribution in [-0.2, 0) is 14.8 Å². The molecule has 0 amide bonds. The minimum atomic E-state index is -3.57. The fourth-order valence-corrected chi connectivity index (χ4v) is 4.70. The summed E-state index contributed by atoms with van der Waals surface area (Å²) in [5, 5.41) is 3.17. The topological polar surface area (TPSA) is 93.7 Å². The summed E-state index contributed by atoms with van der Waals surface area (Å²) in [5.74, 6) is 1.26. The number of anilines is 2. The molecular formula is C21H22N4O4S. The van der Waals surface area contributed by atoms with Gasteiger partial charge in [0.2, 0.25) is 10.0 Å². The second-order valence-corrected chi connectivity index (χ2v) is 8.60. The second-order valence-electron chi connectivity index (χ2n) is 6.66. The van der Waals surface area contributed by atoms with Crippen LogP contribution >= 0.6 is 0 Å². The number of nitrogens with zero attached hydrogens (tertiary/aromatic N) is 3. The van der Waals surface area contributed by atoms with Crippen molar-refractivity contribution in [1.29, 1.82) is 0 Å². The van der Waals surface area contributed by atoms with Crippen molar-refractivity contribution in [2.45, 2.75) is 4.90 Å². The Balaban J connectivity index is 1.59. The fourth-order valence-electron chi connectivity index (χ4n) is 3.25. The summed E-state index contributed by atoms with van der Waals surface area (Å²) in [4.78, 5) is 8.82. The zero-order valence-corrected chi connectivity index (χ0v) is 17.3. The number of nitrogens with one attached hydrogen (secondary N) is 1. The minimum Gasteiger partial charge on any atom is -0.496 e. The number of sulfonamides is 1. The Bertz CT molecular complexity index is 1130. The van der Waals surface area contributed by atoms with Crippen LogP contribution in [0.3, 0.4) is 0 Å². The Labute approximate surface area is 175 Å². The van der Waals surface area contributed by atoms with Gasteiger partial charge in [-0.3, -0.25) is 0 Å². The Morgan fingerprint density at radius 1 is 1.03 bits per heavy atom. The van der Waals surface area contributed by atoms with Gasteiger partial charge in [-0.1, -0.05) is 18.2 Å². The van der Waals surface area contributed by atoms with Crippen molar-refractivity contribution >= 4 is 21.5 Å². The van der Waals surface area contributed by atoms with Gasteiger partial charge in [0.25, 0.3) is 0 Å². The highest BCUT2D eigenvalue weighted by Gasteiger charge is 2.26. The summed E-state index contributed by atoms with van der Waals surface area (Å²) in [6.45, 7) is 1.52. The highest BCUT2D eigenvalue weighted by atomic mass is 32.2. The maximum atomic E-state index is 12.9. The summed E-state index contributed by atoms with van der Waals surface area (Å²) in [5.41, 5.74) is 2.16. The van der Waals surface area contributed by atoms with Crippen LogP contribution in [0.15, 0.2) is 65.8 Å². The molecular weight excluding hydrogens is 404 g/mol. The quantitative estimate of drug-likeness (QED) is 0.648. The number of ether oxygens (including phenoxy) is 2. The maximum absolute atomic E-state index is 12.9. The first-order valence-electron chi connectivity index (χ1n) is 9.48. The Kier molecular flexibility index (Phi) is 5.93. The van der Waals surface area contributed by atoms with Gasteiger partial charge in [-0.2, -0.15) is 4.31 Å². The lowest BCUT2D eigenvalue weighted by Crippen LogP contribution is -2.40. The normalized spacial score (nSPS) is 15.0. The van der Waals surface area contributed by atoms with Gasteiger partial charge < -0.3 is 14.8 Å². The van der Waals surface area contributed by atoms with Gasteiger partial charge in [-0.05, 0) is 30.3 Å². The average molecular weight is 426 g/mol. The zero-order valence-electron chi connectivity index (χ0n) is 16.5. The van der Waals surface area contributed by atoms with Gasteiger partial charge in [0.15, 0.2) is 0 Å². The van der Waals surface area contributed by atoms with E-state index >= 15 is 0 Å². The SMILES string of the molecule is COc1ccccc1-c1cc(Nc2cccc(S(=O)(=O)N3CCOCC3)c2)ncn1. The molecule has 1 aliphatic heterocycles. The first-order chi connectivity index (χ1) is 14.6. The molecule has 1 aliphatic rings. The predicted octanol–water partition coefficient (Wildman–Crippen LogP) is 2.92. The van der Waals surface area contributed by atoms with E-state index in [1.165, 1.54) is 10.6 Å². The van der Waals surface area contributed by atoms with Gasteiger partial charge in [0.1, 0.15) is 17.9 Å². The summed E-state index contributed by atoms with van der Waals surface area (Å²) in [6.07, 6.45) is 1.46. The minimum absolute atomic E-state index is 0.230. The van der Waals surface area contributed by atoms with E-state index in [1.54, 1.807) is 37.4 Å². The summed E-state index contributed by atoms with van der Waals surface area (Å²) in [7, 11) is -1.96. The monoisotopic (exact) mass is 426 g/mol. The van der Waals surface area contributed by atoms with Crippen molar-refractivity contribution in [1.82, 2.24) is 14.3 Å². The Morgan fingerprint density at radius 3 is 2.63 bits per heavy atom. The summed E-state index contributed by atoms with van der Waals surface area (Å²) >= 11 is 0. The van der Waals surface area contributed by atoms with Crippen molar-refractivity contribution in [2.75, 3.05) is 38.7 Å². The first-order valence-corrected chi connectivity index (χ1v) is 10.9. The molecule has 2 heterocycles. The van der Waals surface area contributed by atoms with E-state index in [1.807, 2.05) is 24.3 Å². The van der Waals surface area contributed by atoms with E-state index in [0.717, 1.165) is 5.56 Å². The molecule has 1 aromatic heterocycles. The highest BCUT2D eigenvalue weighted by Crippen LogP contribution is 2.29. The van der Waals surface area contributed by atoms with E-state index < -0.39 is 10.0 Å². The van der Waals surface area contributed by atoms with Gasteiger partial charge >= 0.3 is 0 Å². The van der Waals surface area contributed by atoms with Crippen LogP contribution in [0.2, 0.25) is 0 Å². The van der Waals surface area contributed by atoms with Crippen LogP contribution in [0.25, 0.3) is 11.3 Å². The summed E-state index contributed by atoms with van der Waals surface area (Å²) < 4.78 is 37.9. The van der Waals surface area contributed by atoms with E-state index in [9.17, 15) is 8.42 Å². The van der Waals surface area contributed by atoms with Gasteiger partial charge in [0, 0.05) is 30.4 Å². The molecule has 0 saturated carbocycles. The third-order valence-corrected chi connectivity index (χ3v) is 6.66. The van der Waals surface area contributed by atoms with Crippen molar-refractivity contribution in [3.63, 3.8) is 0 Å². The van der Waals surface area contributed by atoms with Gasteiger partial charge in [0.05, 0.1) is 30.9 Å². The molecule has 8 nitrogen and oxygen atoms in total. The lowest BCUT2D eigenvalue weighted by atomic mass is 10.1. The third-order valence-electron chi connectivity index (χ3n) is 4.76. The van der Waals surface area contributed by atoms with Gasteiger partial charge in [-0.15, -0.1) is 0 Å². The fraction of sp³-hybridized carbons (Fsp3) is 0.238. The number of para-hydroxylation sites is 1. The molecule has 1 fully saturated rings. The molecule has 4 rings (SSSR count). The van der Waals surface area contributed by atoms with Crippen molar-refractivity contribution < 1.29 is 17.9 Å². The molecule has 0 bridgehead atoms. The number of morpholine rings is 1.